The van der Waals surface area contributed by atoms with Crippen LogP contribution >= 0.6 is 15.9 Å². The normalized spacial score (nSPS) is 17.1. The molecule has 1 N–H and O–H groups in total. The first kappa shape index (κ1) is 18.0. The largest absolute Gasteiger partial charge is 0.493 e. The molecule has 1 atom stereocenters. The van der Waals surface area contributed by atoms with Gasteiger partial charge in [0, 0.05) is 41.6 Å². The van der Waals surface area contributed by atoms with Crippen LogP contribution in [0.2, 0.25) is 0 Å². The molecule has 1 aliphatic rings. The molecule has 0 bridgehead atoms. The van der Waals surface area contributed by atoms with Crippen molar-refractivity contribution in [1.82, 2.24) is 15.3 Å². The summed E-state index contributed by atoms with van der Waals surface area (Å²) >= 11 is 3.56. The van der Waals surface area contributed by atoms with E-state index >= 15 is 0 Å². The molecule has 4 rings (SSSR count). The van der Waals surface area contributed by atoms with Gasteiger partial charge in [0.15, 0.2) is 11.5 Å². The van der Waals surface area contributed by atoms with Crippen LogP contribution in [0.3, 0.4) is 0 Å². The molecule has 1 aromatic heterocycles. The minimum absolute atomic E-state index is 0.237. The summed E-state index contributed by atoms with van der Waals surface area (Å²) in [6.45, 7) is 2.60. The van der Waals surface area contributed by atoms with Crippen LogP contribution in [0.25, 0.3) is 10.9 Å². The fourth-order valence-electron chi connectivity index (χ4n) is 3.51. The molecule has 2 heterocycles. The Morgan fingerprint density at radius 2 is 1.93 bits per heavy atom. The van der Waals surface area contributed by atoms with E-state index in [0.29, 0.717) is 11.5 Å². The lowest BCUT2D eigenvalue weighted by atomic mass is 10.0. The second kappa shape index (κ2) is 7.70. The van der Waals surface area contributed by atoms with Crippen molar-refractivity contribution >= 4 is 32.7 Å². The van der Waals surface area contributed by atoms with E-state index in [1.54, 1.807) is 20.5 Å². The van der Waals surface area contributed by atoms with Crippen molar-refractivity contribution in [3.8, 4) is 11.5 Å². The van der Waals surface area contributed by atoms with Gasteiger partial charge in [0.1, 0.15) is 12.1 Å². The highest BCUT2D eigenvalue weighted by molar-refractivity contribution is 9.10. The molecular formula is C20H21BrN4O2. The molecule has 0 saturated carbocycles. The second-order valence-electron chi connectivity index (χ2n) is 6.43. The number of nitrogens with one attached hydrogen (secondary N) is 1. The van der Waals surface area contributed by atoms with Gasteiger partial charge in [0.05, 0.1) is 19.7 Å². The number of methoxy groups -OCH3 is 2. The summed E-state index contributed by atoms with van der Waals surface area (Å²) < 4.78 is 12.0. The Kier molecular flexibility index (Phi) is 5.13. The zero-order valence-corrected chi connectivity index (χ0v) is 16.9. The average molecular weight is 429 g/mol. The minimum Gasteiger partial charge on any atom is -0.493 e. The van der Waals surface area contributed by atoms with E-state index in [1.165, 1.54) is 5.56 Å². The molecule has 0 spiro atoms. The third-order valence-corrected chi connectivity index (χ3v) is 5.34. The first-order valence-electron chi connectivity index (χ1n) is 8.80. The SMILES string of the molecule is COc1cc2ncnc(N3CCNC(c4cccc(Br)c4)C3)c2cc1OC. The van der Waals surface area contributed by atoms with Gasteiger partial charge in [-0.2, -0.15) is 0 Å². The van der Waals surface area contributed by atoms with E-state index in [4.69, 9.17) is 9.47 Å². The molecule has 3 aromatic rings. The fraction of sp³-hybridized carbons (Fsp3) is 0.300. The maximum atomic E-state index is 5.47. The van der Waals surface area contributed by atoms with Gasteiger partial charge in [-0.25, -0.2) is 9.97 Å². The first-order chi connectivity index (χ1) is 13.2. The fourth-order valence-corrected chi connectivity index (χ4v) is 3.93. The van der Waals surface area contributed by atoms with Crippen LogP contribution in [-0.2, 0) is 0 Å². The smallest absolute Gasteiger partial charge is 0.162 e. The van der Waals surface area contributed by atoms with E-state index in [2.05, 4.69) is 54.3 Å². The van der Waals surface area contributed by atoms with Crippen LogP contribution in [0.4, 0.5) is 5.82 Å². The molecule has 140 valence electrons. The lowest BCUT2D eigenvalue weighted by Crippen LogP contribution is -2.46. The number of fused-ring (bicyclic) bond motifs is 1. The van der Waals surface area contributed by atoms with E-state index in [9.17, 15) is 0 Å². The van der Waals surface area contributed by atoms with Crippen LogP contribution in [-0.4, -0.2) is 43.8 Å². The number of aromatic nitrogens is 2. The zero-order chi connectivity index (χ0) is 18.8. The molecule has 2 aromatic carbocycles. The predicted octanol–water partition coefficient (Wildman–Crippen LogP) is 3.56. The third-order valence-electron chi connectivity index (χ3n) is 4.85. The third kappa shape index (κ3) is 3.57. The van der Waals surface area contributed by atoms with Gasteiger partial charge in [-0.05, 0) is 23.8 Å². The summed E-state index contributed by atoms with van der Waals surface area (Å²) in [6.07, 6.45) is 1.61. The van der Waals surface area contributed by atoms with E-state index < -0.39 is 0 Å². The molecule has 0 aliphatic carbocycles. The number of ether oxygens (including phenoxy) is 2. The molecule has 27 heavy (non-hydrogen) atoms. The van der Waals surface area contributed by atoms with Gasteiger partial charge in [0.25, 0.3) is 0 Å². The molecule has 1 saturated heterocycles. The van der Waals surface area contributed by atoms with Crippen molar-refractivity contribution in [2.24, 2.45) is 0 Å². The van der Waals surface area contributed by atoms with E-state index in [-0.39, 0.29) is 6.04 Å². The van der Waals surface area contributed by atoms with Gasteiger partial charge in [-0.3, -0.25) is 0 Å². The quantitative estimate of drug-likeness (QED) is 0.685. The molecule has 7 heteroatoms. The van der Waals surface area contributed by atoms with Crippen LogP contribution < -0.4 is 19.7 Å². The zero-order valence-electron chi connectivity index (χ0n) is 15.3. The van der Waals surface area contributed by atoms with E-state index in [1.807, 2.05) is 18.2 Å². The molecule has 1 aliphatic heterocycles. The molecule has 0 amide bonds. The van der Waals surface area contributed by atoms with Crippen LogP contribution in [0.1, 0.15) is 11.6 Å². The predicted molar refractivity (Wildman–Crippen MR) is 110 cm³/mol. The van der Waals surface area contributed by atoms with Crippen LogP contribution in [0.15, 0.2) is 47.2 Å². The lowest BCUT2D eigenvalue weighted by Gasteiger charge is -2.35. The number of anilines is 1. The Hall–Kier alpha value is -2.38. The summed E-state index contributed by atoms with van der Waals surface area (Å²) in [5.41, 5.74) is 2.10. The van der Waals surface area contributed by atoms with Crippen molar-refractivity contribution in [2.45, 2.75) is 6.04 Å². The van der Waals surface area contributed by atoms with Gasteiger partial charge in [-0.1, -0.05) is 28.1 Å². The van der Waals surface area contributed by atoms with Crippen molar-refractivity contribution in [1.29, 1.82) is 0 Å². The number of benzene rings is 2. The van der Waals surface area contributed by atoms with Crippen molar-refractivity contribution in [2.75, 3.05) is 38.8 Å². The number of hydrogen-bond acceptors (Lipinski definition) is 6. The van der Waals surface area contributed by atoms with Gasteiger partial charge in [0.2, 0.25) is 0 Å². The molecule has 1 unspecified atom stereocenters. The summed E-state index contributed by atoms with van der Waals surface area (Å²) in [6, 6.07) is 12.5. The minimum atomic E-state index is 0.237. The number of hydrogen-bond donors (Lipinski definition) is 1. The van der Waals surface area contributed by atoms with E-state index in [0.717, 1.165) is 40.8 Å². The van der Waals surface area contributed by atoms with Gasteiger partial charge < -0.3 is 19.7 Å². The van der Waals surface area contributed by atoms with Crippen molar-refractivity contribution < 1.29 is 9.47 Å². The average Bonchev–Trinajstić information content (AvgIpc) is 2.72. The maximum absolute atomic E-state index is 5.47. The molecule has 0 radical (unpaired) electrons. The second-order valence-corrected chi connectivity index (χ2v) is 7.35. The Balaban J connectivity index is 1.71. The summed E-state index contributed by atoms with van der Waals surface area (Å²) in [5, 5.41) is 4.56. The Morgan fingerprint density at radius 3 is 2.70 bits per heavy atom. The van der Waals surface area contributed by atoms with Crippen molar-refractivity contribution in [3.63, 3.8) is 0 Å². The van der Waals surface area contributed by atoms with Crippen LogP contribution in [0, 0.1) is 0 Å². The van der Waals surface area contributed by atoms with Gasteiger partial charge >= 0.3 is 0 Å². The van der Waals surface area contributed by atoms with Crippen molar-refractivity contribution in [3.05, 3.63) is 52.8 Å². The Labute approximate surface area is 166 Å². The number of nitrogens with zero attached hydrogens (tertiary/aromatic N) is 3. The highest BCUT2D eigenvalue weighted by Gasteiger charge is 2.24. The molecule has 6 nitrogen and oxygen atoms in total. The number of piperazine rings is 1. The topological polar surface area (TPSA) is 59.5 Å². The van der Waals surface area contributed by atoms with Crippen LogP contribution in [0.5, 0.6) is 11.5 Å². The lowest BCUT2D eigenvalue weighted by molar-refractivity contribution is 0.355. The molecular weight excluding hydrogens is 408 g/mol. The molecule has 1 fully saturated rings. The monoisotopic (exact) mass is 428 g/mol. The highest BCUT2D eigenvalue weighted by Crippen LogP contribution is 2.35. The highest BCUT2D eigenvalue weighted by atomic mass is 79.9. The Morgan fingerprint density at radius 1 is 1.11 bits per heavy atom. The van der Waals surface area contributed by atoms with Gasteiger partial charge in [-0.15, -0.1) is 0 Å². The standard InChI is InChI=1S/C20H21BrN4O2/c1-26-18-9-15-16(10-19(18)27-2)23-12-24-20(15)25-7-6-22-17(11-25)13-4-3-5-14(21)8-13/h3-5,8-10,12,17,22H,6-7,11H2,1-2H3. The summed E-state index contributed by atoms with van der Waals surface area (Å²) in [5.74, 6) is 2.27. The Bertz CT molecular complexity index is 966. The summed E-state index contributed by atoms with van der Waals surface area (Å²) in [7, 11) is 3.27. The number of halogens is 1. The first-order valence-corrected chi connectivity index (χ1v) is 9.59. The number of rotatable bonds is 4. The maximum Gasteiger partial charge on any atom is 0.162 e. The summed E-state index contributed by atoms with van der Waals surface area (Å²) in [4.78, 5) is 11.3.